The first-order valence-electron chi connectivity index (χ1n) is 6.72. The Morgan fingerprint density at radius 1 is 1.58 bits per heavy atom. The molecule has 6 heteroatoms. The van der Waals surface area contributed by atoms with Crippen LogP contribution < -0.4 is 5.73 Å². The molecule has 1 aromatic heterocycles. The van der Waals surface area contributed by atoms with E-state index in [2.05, 4.69) is 21.7 Å². The summed E-state index contributed by atoms with van der Waals surface area (Å²) in [6.45, 7) is 1.65. The fourth-order valence-electron chi connectivity index (χ4n) is 2.62. The van der Waals surface area contributed by atoms with Gasteiger partial charge in [0.25, 0.3) is 0 Å². The number of nitrogens with zero attached hydrogens (tertiary/aromatic N) is 3. The Kier molecular flexibility index (Phi) is 4.42. The molecular formula is C13H22N4O2. The summed E-state index contributed by atoms with van der Waals surface area (Å²) in [7, 11) is 3.47. The van der Waals surface area contributed by atoms with Crippen molar-refractivity contribution in [2.24, 2.45) is 0 Å². The minimum absolute atomic E-state index is 0.200. The summed E-state index contributed by atoms with van der Waals surface area (Å²) in [5, 5.41) is 0. The van der Waals surface area contributed by atoms with Crippen molar-refractivity contribution in [2.75, 3.05) is 26.4 Å². The maximum atomic E-state index is 11.4. The number of methoxy groups -OCH3 is 1. The van der Waals surface area contributed by atoms with Gasteiger partial charge >= 0.3 is 5.97 Å². The normalized spacial score (nSPS) is 16.2. The Balaban J connectivity index is 1.92. The van der Waals surface area contributed by atoms with Gasteiger partial charge in [-0.15, -0.1) is 0 Å². The highest BCUT2D eigenvalue weighted by molar-refractivity contribution is 5.91. The van der Waals surface area contributed by atoms with Crippen molar-refractivity contribution in [3.05, 3.63) is 12.0 Å². The molecule has 1 aliphatic carbocycles. The first kappa shape index (κ1) is 13.9. The smallest absolute Gasteiger partial charge is 0.360 e. The third kappa shape index (κ3) is 3.07. The molecule has 0 amide bonds. The summed E-state index contributed by atoms with van der Waals surface area (Å²) < 4.78 is 6.44. The molecule has 1 heterocycles. The van der Waals surface area contributed by atoms with Gasteiger partial charge in [-0.05, 0) is 19.9 Å². The molecule has 106 valence electrons. The van der Waals surface area contributed by atoms with Gasteiger partial charge in [-0.25, -0.2) is 9.78 Å². The Hall–Kier alpha value is -1.56. The predicted octanol–water partition coefficient (Wildman–Crippen LogP) is 1.13. The third-order valence-corrected chi connectivity index (χ3v) is 3.90. The van der Waals surface area contributed by atoms with Crippen LogP contribution in [0.5, 0.6) is 0 Å². The zero-order valence-corrected chi connectivity index (χ0v) is 11.6. The van der Waals surface area contributed by atoms with Gasteiger partial charge in [0.15, 0.2) is 5.69 Å². The number of likely N-dealkylation sites (N-methyl/N-ethyl adjacent to an activating group) is 1. The number of aromatic nitrogens is 2. The van der Waals surface area contributed by atoms with E-state index in [1.807, 2.05) is 0 Å². The highest BCUT2D eigenvalue weighted by atomic mass is 16.5. The fraction of sp³-hybridized carbons (Fsp3) is 0.692. The maximum absolute atomic E-state index is 11.4. The second-order valence-corrected chi connectivity index (χ2v) is 5.08. The van der Waals surface area contributed by atoms with Crippen LogP contribution in [0.4, 0.5) is 5.82 Å². The van der Waals surface area contributed by atoms with E-state index >= 15 is 0 Å². The van der Waals surface area contributed by atoms with Gasteiger partial charge in [0.1, 0.15) is 5.82 Å². The quantitative estimate of drug-likeness (QED) is 0.809. The number of carbonyl (C=O) groups excluding carboxylic acids is 1. The highest BCUT2D eigenvalue weighted by Crippen LogP contribution is 2.22. The molecule has 0 unspecified atom stereocenters. The molecule has 1 aliphatic rings. The predicted molar refractivity (Wildman–Crippen MR) is 72.9 cm³/mol. The van der Waals surface area contributed by atoms with Crippen LogP contribution in [0.1, 0.15) is 36.2 Å². The summed E-state index contributed by atoms with van der Waals surface area (Å²) in [6.07, 6.45) is 6.82. The van der Waals surface area contributed by atoms with E-state index in [9.17, 15) is 4.79 Å². The third-order valence-electron chi connectivity index (χ3n) is 3.90. The second-order valence-electron chi connectivity index (χ2n) is 5.08. The molecule has 0 radical (unpaired) electrons. The van der Waals surface area contributed by atoms with E-state index in [1.165, 1.54) is 32.8 Å². The second kappa shape index (κ2) is 6.06. The molecule has 0 spiro atoms. The topological polar surface area (TPSA) is 73.4 Å². The number of hydrogen-bond donors (Lipinski definition) is 1. The molecule has 19 heavy (non-hydrogen) atoms. The minimum atomic E-state index is -0.486. The summed E-state index contributed by atoms with van der Waals surface area (Å²) in [6, 6.07) is 0.685. The molecule has 0 aromatic carbocycles. The fourth-order valence-corrected chi connectivity index (χ4v) is 2.62. The Bertz CT molecular complexity index is 438. The van der Waals surface area contributed by atoms with Gasteiger partial charge in [-0.2, -0.15) is 0 Å². The lowest BCUT2D eigenvalue weighted by atomic mass is 10.2. The number of nitrogens with two attached hydrogens (primary N) is 1. The van der Waals surface area contributed by atoms with Gasteiger partial charge < -0.3 is 19.9 Å². The van der Waals surface area contributed by atoms with Crippen molar-refractivity contribution in [1.82, 2.24) is 14.5 Å². The Morgan fingerprint density at radius 3 is 2.89 bits per heavy atom. The van der Waals surface area contributed by atoms with E-state index in [-0.39, 0.29) is 5.69 Å². The van der Waals surface area contributed by atoms with E-state index in [4.69, 9.17) is 5.73 Å². The molecule has 1 fully saturated rings. The van der Waals surface area contributed by atoms with Crippen LogP contribution in [-0.4, -0.2) is 47.2 Å². The lowest BCUT2D eigenvalue weighted by molar-refractivity contribution is 0.0596. The first-order valence-corrected chi connectivity index (χ1v) is 6.72. The lowest BCUT2D eigenvalue weighted by Gasteiger charge is -2.24. The lowest BCUT2D eigenvalue weighted by Crippen LogP contribution is -2.32. The summed E-state index contributed by atoms with van der Waals surface area (Å²) in [5.41, 5.74) is 6.10. The van der Waals surface area contributed by atoms with Gasteiger partial charge in [0.2, 0.25) is 0 Å². The number of imidazole rings is 1. The van der Waals surface area contributed by atoms with E-state index in [1.54, 1.807) is 10.9 Å². The molecule has 0 atom stereocenters. The molecule has 1 saturated carbocycles. The Morgan fingerprint density at radius 2 is 2.26 bits per heavy atom. The van der Waals surface area contributed by atoms with Crippen molar-refractivity contribution in [3.8, 4) is 0 Å². The minimum Gasteiger partial charge on any atom is -0.464 e. The number of esters is 1. The average molecular weight is 266 g/mol. The number of hydrogen-bond acceptors (Lipinski definition) is 5. The van der Waals surface area contributed by atoms with Crippen molar-refractivity contribution in [1.29, 1.82) is 0 Å². The van der Waals surface area contributed by atoms with Crippen LogP contribution in [0.15, 0.2) is 6.33 Å². The van der Waals surface area contributed by atoms with Crippen molar-refractivity contribution < 1.29 is 9.53 Å². The standard InChI is InChI=1S/C13H22N4O2/c1-16(10-5-3-4-6-10)7-8-17-9-15-11(12(17)14)13(18)19-2/h9-10H,3-8,14H2,1-2H3. The zero-order chi connectivity index (χ0) is 13.8. The number of rotatable bonds is 5. The van der Waals surface area contributed by atoms with E-state index in [0.29, 0.717) is 11.9 Å². The maximum Gasteiger partial charge on any atom is 0.360 e. The molecular weight excluding hydrogens is 244 g/mol. The number of nitrogen functional groups attached to an aromatic ring is 1. The highest BCUT2D eigenvalue weighted by Gasteiger charge is 2.20. The largest absolute Gasteiger partial charge is 0.464 e. The monoisotopic (exact) mass is 266 g/mol. The van der Waals surface area contributed by atoms with E-state index in [0.717, 1.165) is 13.1 Å². The van der Waals surface area contributed by atoms with Crippen LogP contribution in [0.3, 0.4) is 0 Å². The van der Waals surface area contributed by atoms with Crippen molar-refractivity contribution >= 4 is 11.8 Å². The average Bonchev–Trinajstić information content (AvgIpc) is 3.05. The molecule has 6 nitrogen and oxygen atoms in total. The van der Waals surface area contributed by atoms with Crippen molar-refractivity contribution in [2.45, 2.75) is 38.3 Å². The van der Waals surface area contributed by atoms with Gasteiger partial charge in [0.05, 0.1) is 13.4 Å². The number of ether oxygens (including phenoxy) is 1. The van der Waals surface area contributed by atoms with Gasteiger partial charge in [0, 0.05) is 19.1 Å². The van der Waals surface area contributed by atoms with Crippen LogP contribution in [-0.2, 0) is 11.3 Å². The summed E-state index contributed by atoms with van der Waals surface area (Å²) in [4.78, 5) is 17.8. The molecule has 2 N–H and O–H groups in total. The van der Waals surface area contributed by atoms with Gasteiger partial charge in [-0.3, -0.25) is 0 Å². The summed E-state index contributed by atoms with van der Waals surface area (Å²) in [5.74, 6) is -0.105. The van der Waals surface area contributed by atoms with Gasteiger partial charge in [-0.1, -0.05) is 12.8 Å². The first-order chi connectivity index (χ1) is 9.13. The molecule has 0 saturated heterocycles. The van der Waals surface area contributed by atoms with Crippen LogP contribution >= 0.6 is 0 Å². The summed E-state index contributed by atoms with van der Waals surface area (Å²) >= 11 is 0. The Labute approximate surface area is 113 Å². The van der Waals surface area contributed by atoms with Crippen molar-refractivity contribution in [3.63, 3.8) is 0 Å². The number of carbonyl (C=O) groups is 1. The number of anilines is 1. The zero-order valence-electron chi connectivity index (χ0n) is 11.6. The van der Waals surface area contributed by atoms with Crippen LogP contribution in [0.25, 0.3) is 0 Å². The SMILES string of the molecule is COC(=O)c1ncn(CCN(C)C2CCCC2)c1N. The van der Waals surface area contributed by atoms with Crippen LogP contribution in [0, 0.1) is 0 Å². The van der Waals surface area contributed by atoms with Crippen LogP contribution in [0.2, 0.25) is 0 Å². The molecule has 2 rings (SSSR count). The molecule has 0 bridgehead atoms. The van der Waals surface area contributed by atoms with E-state index < -0.39 is 5.97 Å². The molecule has 1 aromatic rings. The molecule has 0 aliphatic heterocycles.